The van der Waals surface area contributed by atoms with E-state index in [0.29, 0.717) is 12.1 Å². The molecule has 1 unspecified atom stereocenters. The van der Waals surface area contributed by atoms with Crippen LogP contribution in [0.2, 0.25) is 0 Å². The van der Waals surface area contributed by atoms with Gasteiger partial charge in [-0.2, -0.15) is 13.2 Å². The summed E-state index contributed by atoms with van der Waals surface area (Å²) in [6.45, 7) is 1.86. The van der Waals surface area contributed by atoms with Crippen molar-refractivity contribution < 1.29 is 13.2 Å². The van der Waals surface area contributed by atoms with Crippen LogP contribution in [0.3, 0.4) is 0 Å². The molecule has 1 atom stereocenters. The Morgan fingerprint density at radius 2 is 2.07 bits per heavy atom. The molecular weight excluding hydrogens is 259 g/mol. The van der Waals surface area contributed by atoms with Gasteiger partial charge in [0.1, 0.15) is 5.69 Å². The standard InChI is InChI=1S/C9H9BrF3N/c1-6(10)5-7-3-2-4-8(14-7)9(11,12)13/h2-4,6H,5H2,1H3. The third-order valence-electron chi connectivity index (χ3n) is 1.59. The Morgan fingerprint density at radius 3 is 2.57 bits per heavy atom. The molecule has 0 fully saturated rings. The molecule has 0 aliphatic rings. The first-order valence-electron chi connectivity index (χ1n) is 4.07. The minimum atomic E-state index is -4.36. The molecule has 0 saturated carbocycles. The van der Waals surface area contributed by atoms with Crippen molar-refractivity contribution in [3.05, 3.63) is 29.6 Å². The Hall–Kier alpha value is -0.580. The quantitative estimate of drug-likeness (QED) is 0.749. The fourth-order valence-corrected chi connectivity index (χ4v) is 1.37. The van der Waals surface area contributed by atoms with Gasteiger partial charge in [0.15, 0.2) is 0 Å². The second-order valence-electron chi connectivity index (χ2n) is 3.00. The number of halogens is 4. The van der Waals surface area contributed by atoms with Gasteiger partial charge in [-0.1, -0.05) is 28.9 Å². The molecule has 78 valence electrons. The van der Waals surface area contributed by atoms with Crippen LogP contribution in [0.4, 0.5) is 13.2 Å². The maximum atomic E-state index is 12.2. The molecule has 14 heavy (non-hydrogen) atoms. The van der Waals surface area contributed by atoms with E-state index in [0.717, 1.165) is 6.07 Å². The van der Waals surface area contributed by atoms with Crippen LogP contribution >= 0.6 is 15.9 Å². The molecule has 0 spiro atoms. The van der Waals surface area contributed by atoms with Gasteiger partial charge in [0.2, 0.25) is 0 Å². The summed E-state index contributed by atoms with van der Waals surface area (Å²) < 4.78 is 36.7. The average molecular weight is 268 g/mol. The fourth-order valence-electron chi connectivity index (χ4n) is 1.04. The second kappa shape index (κ2) is 4.29. The highest BCUT2D eigenvalue weighted by atomic mass is 79.9. The van der Waals surface area contributed by atoms with Gasteiger partial charge in [-0.3, -0.25) is 0 Å². The monoisotopic (exact) mass is 267 g/mol. The van der Waals surface area contributed by atoms with Crippen LogP contribution in [0.5, 0.6) is 0 Å². The zero-order chi connectivity index (χ0) is 10.8. The van der Waals surface area contributed by atoms with Crippen LogP contribution in [-0.4, -0.2) is 9.81 Å². The number of pyridine rings is 1. The predicted octanol–water partition coefficient (Wildman–Crippen LogP) is 3.43. The van der Waals surface area contributed by atoms with Crippen molar-refractivity contribution in [2.24, 2.45) is 0 Å². The molecule has 0 aromatic carbocycles. The summed E-state index contributed by atoms with van der Waals surface area (Å²) >= 11 is 3.26. The fraction of sp³-hybridized carbons (Fsp3) is 0.444. The normalized spacial score (nSPS) is 14.1. The highest BCUT2D eigenvalue weighted by Gasteiger charge is 2.32. The summed E-state index contributed by atoms with van der Waals surface area (Å²) in [6, 6.07) is 3.94. The molecular formula is C9H9BrF3N. The van der Waals surface area contributed by atoms with Gasteiger partial charge in [-0.05, 0) is 12.1 Å². The Kier molecular flexibility index (Phi) is 3.53. The topological polar surface area (TPSA) is 12.9 Å². The van der Waals surface area contributed by atoms with E-state index in [9.17, 15) is 13.2 Å². The summed E-state index contributed by atoms with van der Waals surface area (Å²) in [7, 11) is 0. The van der Waals surface area contributed by atoms with Crippen LogP contribution in [-0.2, 0) is 12.6 Å². The smallest absolute Gasteiger partial charge is 0.248 e. The molecule has 0 aliphatic carbocycles. The van der Waals surface area contributed by atoms with Gasteiger partial charge in [0.05, 0.1) is 0 Å². The van der Waals surface area contributed by atoms with E-state index in [-0.39, 0.29) is 4.83 Å². The molecule has 1 aromatic rings. The first kappa shape index (κ1) is 11.5. The third kappa shape index (κ3) is 3.29. The minimum Gasteiger partial charge on any atom is -0.248 e. The average Bonchev–Trinajstić information content (AvgIpc) is 2.01. The zero-order valence-electron chi connectivity index (χ0n) is 7.48. The molecule has 1 heterocycles. The SMILES string of the molecule is CC(Br)Cc1cccc(C(F)(F)F)n1. The van der Waals surface area contributed by atoms with Crippen molar-refractivity contribution in [3.8, 4) is 0 Å². The molecule has 1 rings (SSSR count). The van der Waals surface area contributed by atoms with Gasteiger partial charge >= 0.3 is 6.18 Å². The highest BCUT2D eigenvalue weighted by Crippen LogP contribution is 2.27. The van der Waals surface area contributed by atoms with Gasteiger partial charge in [-0.25, -0.2) is 4.98 Å². The maximum absolute atomic E-state index is 12.2. The molecule has 0 N–H and O–H groups in total. The van der Waals surface area contributed by atoms with Crippen LogP contribution in [0.15, 0.2) is 18.2 Å². The number of aromatic nitrogens is 1. The van der Waals surface area contributed by atoms with Gasteiger partial charge in [0, 0.05) is 16.9 Å². The number of rotatable bonds is 2. The van der Waals surface area contributed by atoms with Crippen LogP contribution < -0.4 is 0 Å². The van der Waals surface area contributed by atoms with Crippen molar-refractivity contribution in [3.63, 3.8) is 0 Å². The van der Waals surface area contributed by atoms with E-state index in [1.54, 1.807) is 6.07 Å². The summed E-state index contributed by atoms with van der Waals surface area (Å²) in [4.78, 5) is 3.65. The van der Waals surface area contributed by atoms with E-state index in [2.05, 4.69) is 20.9 Å². The third-order valence-corrected chi connectivity index (χ3v) is 1.91. The lowest BCUT2D eigenvalue weighted by atomic mass is 10.2. The first-order chi connectivity index (χ1) is 6.39. The Morgan fingerprint density at radius 1 is 1.43 bits per heavy atom. The lowest BCUT2D eigenvalue weighted by Crippen LogP contribution is -2.10. The van der Waals surface area contributed by atoms with Crippen molar-refractivity contribution >= 4 is 15.9 Å². The molecule has 5 heteroatoms. The largest absolute Gasteiger partial charge is 0.433 e. The zero-order valence-corrected chi connectivity index (χ0v) is 9.06. The summed E-state index contributed by atoms with van der Waals surface area (Å²) in [5.41, 5.74) is -0.382. The summed E-state index contributed by atoms with van der Waals surface area (Å²) in [5, 5.41) is 0. The van der Waals surface area contributed by atoms with E-state index in [4.69, 9.17) is 0 Å². The van der Waals surface area contributed by atoms with E-state index < -0.39 is 11.9 Å². The second-order valence-corrected chi connectivity index (χ2v) is 4.56. The van der Waals surface area contributed by atoms with Crippen molar-refractivity contribution in [2.75, 3.05) is 0 Å². The van der Waals surface area contributed by atoms with Crippen LogP contribution in [0, 0.1) is 0 Å². The molecule has 0 bridgehead atoms. The van der Waals surface area contributed by atoms with Crippen molar-refractivity contribution in [1.29, 1.82) is 0 Å². The van der Waals surface area contributed by atoms with Gasteiger partial charge in [0.25, 0.3) is 0 Å². The molecule has 0 aliphatic heterocycles. The first-order valence-corrected chi connectivity index (χ1v) is 4.98. The molecule has 0 saturated heterocycles. The molecule has 0 amide bonds. The number of nitrogens with zero attached hydrogens (tertiary/aromatic N) is 1. The lowest BCUT2D eigenvalue weighted by molar-refractivity contribution is -0.141. The minimum absolute atomic E-state index is 0.124. The van der Waals surface area contributed by atoms with Crippen LogP contribution in [0.1, 0.15) is 18.3 Å². The molecule has 1 nitrogen and oxygen atoms in total. The van der Waals surface area contributed by atoms with Crippen molar-refractivity contribution in [1.82, 2.24) is 4.98 Å². The number of hydrogen-bond donors (Lipinski definition) is 0. The van der Waals surface area contributed by atoms with E-state index in [1.165, 1.54) is 6.07 Å². The Balaban J connectivity index is 2.90. The number of alkyl halides is 4. The summed E-state index contributed by atoms with van der Waals surface area (Å²) in [5.74, 6) is 0. The molecule has 0 radical (unpaired) electrons. The molecule has 1 aromatic heterocycles. The van der Waals surface area contributed by atoms with Gasteiger partial charge in [-0.15, -0.1) is 0 Å². The Bertz CT molecular complexity index is 309. The van der Waals surface area contributed by atoms with E-state index >= 15 is 0 Å². The summed E-state index contributed by atoms with van der Waals surface area (Å²) in [6.07, 6.45) is -3.87. The predicted molar refractivity (Wildman–Crippen MR) is 51.3 cm³/mol. The maximum Gasteiger partial charge on any atom is 0.433 e. The van der Waals surface area contributed by atoms with E-state index in [1.807, 2.05) is 6.92 Å². The highest BCUT2D eigenvalue weighted by molar-refractivity contribution is 9.09. The number of hydrogen-bond acceptors (Lipinski definition) is 1. The van der Waals surface area contributed by atoms with Gasteiger partial charge < -0.3 is 0 Å². The van der Waals surface area contributed by atoms with Crippen molar-refractivity contribution in [2.45, 2.75) is 24.3 Å². The Labute approximate surface area is 88.5 Å². The van der Waals surface area contributed by atoms with Crippen LogP contribution in [0.25, 0.3) is 0 Å². The lowest BCUT2D eigenvalue weighted by Gasteiger charge is -2.08.